The van der Waals surface area contributed by atoms with Crippen LogP contribution in [0.15, 0.2) is 29.3 Å². The van der Waals surface area contributed by atoms with Gasteiger partial charge < -0.3 is 16.0 Å². The molecular weight excluding hydrogens is 307 g/mol. The van der Waals surface area contributed by atoms with Crippen molar-refractivity contribution in [2.24, 2.45) is 22.6 Å². The summed E-state index contributed by atoms with van der Waals surface area (Å²) in [6.07, 6.45) is 2.87. The summed E-state index contributed by atoms with van der Waals surface area (Å²) in [6, 6.07) is 6.17. The zero-order valence-corrected chi connectivity index (χ0v) is 14.5. The molecule has 6 heteroatoms. The van der Waals surface area contributed by atoms with Gasteiger partial charge in [0.25, 0.3) is 0 Å². The van der Waals surface area contributed by atoms with Crippen molar-refractivity contribution in [1.29, 1.82) is 0 Å². The Kier molecular flexibility index (Phi) is 6.58. The highest BCUT2D eigenvalue weighted by Crippen LogP contribution is 2.15. The van der Waals surface area contributed by atoms with Gasteiger partial charge in [-0.1, -0.05) is 19.1 Å². The van der Waals surface area contributed by atoms with Gasteiger partial charge in [-0.25, -0.2) is 4.39 Å². The fraction of sp³-hybridized carbons (Fsp3) is 0.556. The molecule has 0 saturated carbocycles. The highest BCUT2D eigenvalue weighted by molar-refractivity contribution is 5.82. The van der Waals surface area contributed by atoms with E-state index in [2.05, 4.69) is 22.1 Å². The molecule has 1 saturated heterocycles. The molecular formula is C18H27FN4O. The van der Waals surface area contributed by atoms with E-state index in [1.165, 1.54) is 18.6 Å². The third-order valence-corrected chi connectivity index (χ3v) is 4.47. The number of nitrogens with two attached hydrogens (primary N) is 1. The van der Waals surface area contributed by atoms with Crippen LogP contribution in [-0.4, -0.2) is 43.4 Å². The maximum atomic E-state index is 13.0. The Morgan fingerprint density at radius 2 is 2.17 bits per heavy atom. The standard InChI is InChI=1S/C18H27FN4O/c1-13-4-3-9-23(12-13)18(21-2)22-11-15(17(20)24)10-14-5-7-16(19)8-6-14/h5-8,13,15H,3-4,9-12H2,1-2H3,(H2,20,24)(H,21,22). The summed E-state index contributed by atoms with van der Waals surface area (Å²) in [4.78, 5) is 18.3. The molecule has 2 atom stereocenters. The smallest absolute Gasteiger partial charge is 0.222 e. The van der Waals surface area contributed by atoms with Gasteiger partial charge in [-0.3, -0.25) is 9.79 Å². The molecule has 0 aliphatic carbocycles. The second kappa shape index (κ2) is 8.66. The van der Waals surface area contributed by atoms with Crippen LogP contribution < -0.4 is 11.1 Å². The lowest BCUT2D eigenvalue weighted by Gasteiger charge is -2.34. The predicted molar refractivity (Wildman–Crippen MR) is 94.1 cm³/mol. The molecule has 0 spiro atoms. The zero-order chi connectivity index (χ0) is 17.5. The molecule has 1 amide bonds. The van der Waals surface area contributed by atoms with Gasteiger partial charge >= 0.3 is 0 Å². The van der Waals surface area contributed by atoms with Crippen molar-refractivity contribution in [1.82, 2.24) is 10.2 Å². The number of hydrogen-bond donors (Lipinski definition) is 2. The minimum atomic E-state index is -0.366. The fourth-order valence-corrected chi connectivity index (χ4v) is 3.11. The third-order valence-electron chi connectivity index (χ3n) is 4.47. The van der Waals surface area contributed by atoms with E-state index in [4.69, 9.17) is 5.73 Å². The minimum absolute atomic E-state index is 0.285. The van der Waals surface area contributed by atoms with E-state index in [0.717, 1.165) is 31.0 Å². The zero-order valence-electron chi connectivity index (χ0n) is 14.5. The number of guanidine groups is 1. The van der Waals surface area contributed by atoms with Gasteiger partial charge in [0.05, 0.1) is 5.92 Å². The Morgan fingerprint density at radius 3 is 2.75 bits per heavy atom. The number of likely N-dealkylation sites (tertiary alicyclic amines) is 1. The Balaban J connectivity index is 1.94. The molecule has 0 radical (unpaired) electrons. The number of amides is 1. The van der Waals surface area contributed by atoms with Gasteiger partial charge in [0.1, 0.15) is 5.82 Å². The molecule has 132 valence electrons. The molecule has 1 aliphatic heterocycles. The lowest BCUT2D eigenvalue weighted by atomic mass is 9.98. The average Bonchev–Trinajstić information content (AvgIpc) is 2.56. The quantitative estimate of drug-likeness (QED) is 0.637. The molecule has 24 heavy (non-hydrogen) atoms. The monoisotopic (exact) mass is 334 g/mol. The number of carbonyl (C=O) groups excluding carboxylic acids is 1. The summed E-state index contributed by atoms with van der Waals surface area (Å²) < 4.78 is 13.0. The lowest BCUT2D eigenvalue weighted by Crippen LogP contribution is -2.48. The van der Waals surface area contributed by atoms with E-state index in [1.807, 2.05) is 0 Å². The third kappa shape index (κ3) is 5.22. The Bertz CT molecular complexity index is 573. The van der Waals surface area contributed by atoms with Crippen LogP contribution in [0.1, 0.15) is 25.3 Å². The van der Waals surface area contributed by atoms with Crippen molar-refractivity contribution in [2.75, 3.05) is 26.7 Å². The van der Waals surface area contributed by atoms with Crippen molar-refractivity contribution in [2.45, 2.75) is 26.2 Å². The van der Waals surface area contributed by atoms with Crippen LogP contribution in [0.4, 0.5) is 4.39 Å². The van der Waals surface area contributed by atoms with Gasteiger partial charge in [0.15, 0.2) is 5.96 Å². The van der Waals surface area contributed by atoms with E-state index in [1.54, 1.807) is 19.2 Å². The lowest BCUT2D eigenvalue weighted by molar-refractivity contribution is -0.121. The molecule has 0 bridgehead atoms. The Labute approximate surface area is 143 Å². The minimum Gasteiger partial charge on any atom is -0.369 e. The number of nitrogens with zero attached hydrogens (tertiary/aromatic N) is 2. The van der Waals surface area contributed by atoms with Crippen LogP contribution in [0.3, 0.4) is 0 Å². The van der Waals surface area contributed by atoms with Crippen LogP contribution in [0, 0.1) is 17.7 Å². The first kappa shape index (κ1) is 18.2. The van der Waals surface area contributed by atoms with Gasteiger partial charge in [-0.15, -0.1) is 0 Å². The molecule has 2 rings (SSSR count). The number of primary amides is 1. The van der Waals surface area contributed by atoms with Crippen LogP contribution >= 0.6 is 0 Å². The van der Waals surface area contributed by atoms with Gasteiger partial charge in [0.2, 0.25) is 5.91 Å². The van der Waals surface area contributed by atoms with Gasteiger partial charge in [-0.2, -0.15) is 0 Å². The molecule has 1 aliphatic rings. The normalized spacial score (nSPS) is 19.9. The summed E-state index contributed by atoms with van der Waals surface area (Å²) in [7, 11) is 1.75. The summed E-state index contributed by atoms with van der Waals surface area (Å²) in [5.74, 6) is 0.436. The molecule has 1 aromatic carbocycles. The number of hydrogen-bond acceptors (Lipinski definition) is 2. The second-order valence-electron chi connectivity index (χ2n) is 6.55. The maximum absolute atomic E-state index is 13.0. The number of aliphatic imine (C=N–C) groups is 1. The molecule has 2 unspecified atom stereocenters. The summed E-state index contributed by atoms with van der Waals surface area (Å²) in [5, 5.41) is 3.27. The summed E-state index contributed by atoms with van der Waals surface area (Å²) in [5.41, 5.74) is 6.43. The Morgan fingerprint density at radius 1 is 1.46 bits per heavy atom. The SMILES string of the molecule is CN=C(NCC(Cc1ccc(F)cc1)C(N)=O)N1CCCC(C)C1. The summed E-state index contributed by atoms with van der Waals surface area (Å²) in [6.45, 7) is 4.60. The first-order chi connectivity index (χ1) is 11.5. The highest BCUT2D eigenvalue weighted by Gasteiger charge is 2.21. The van der Waals surface area contributed by atoms with Crippen molar-refractivity contribution < 1.29 is 9.18 Å². The number of benzene rings is 1. The van der Waals surface area contributed by atoms with Crippen LogP contribution in [-0.2, 0) is 11.2 Å². The van der Waals surface area contributed by atoms with Crippen molar-refractivity contribution in [3.05, 3.63) is 35.6 Å². The molecule has 5 nitrogen and oxygen atoms in total. The second-order valence-corrected chi connectivity index (χ2v) is 6.55. The molecule has 1 fully saturated rings. The highest BCUT2D eigenvalue weighted by atomic mass is 19.1. The van der Waals surface area contributed by atoms with Gasteiger partial charge in [0, 0.05) is 26.7 Å². The first-order valence-corrected chi connectivity index (χ1v) is 8.49. The van der Waals surface area contributed by atoms with Crippen LogP contribution in [0.2, 0.25) is 0 Å². The number of nitrogens with one attached hydrogen (secondary N) is 1. The van der Waals surface area contributed by atoms with Crippen LogP contribution in [0.25, 0.3) is 0 Å². The topological polar surface area (TPSA) is 70.7 Å². The van der Waals surface area contributed by atoms with E-state index in [9.17, 15) is 9.18 Å². The van der Waals surface area contributed by atoms with Crippen LogP contribution in [0.5, 0.6) is 0 Å². The molecule has 3 N–H and O–H groups in total. The fourth-order valence-electron chi connectivity index (χ4n) is 3.11. The number of carbonyl (C=O) groups is 1. The average molecular weight is 334 g/mol. The Hall–Kier alpha value is -2.11. The maximum Gasteiger partial charge on any atom is 0.222 e. The van der Waals surface area contributed by atoms with E-state index in [0.29, 0.717) is 18.9 Å². The first-order valence-electron chi connectivity index (χ1n) is 8.49. The van der Waals surface area contributed by atoms with E-state index < -0.39 is 0 Å². The largest absolute Gasteiger partial charge is 0.369 e. The van der Waals surface area contributed by atoms with Crippen molar-refractivity contribution >= 4 is 11.9 Å². The summed E-state index contributed by atoms with van der Waals surface area (Å²) >= 11 is 0. The molecule has 0 aromatic heterocycles. The number of halogens is 1. The van der Waals surface area contributed by atoms with Crippen molar-refractivity contribution in [3.8, 4) is 0 Å². The predicted octanol–water partition coefficient (Wildman–Crippen LogP) is 1.78. The van der Waals surface area contributed by atoms with E-state index >= 15 is 0 Å². The molecule has 1 heterocycles. The number of rotatable bonds is 5. The number of piperidine rings is 1. The molecule has 1 aromatic rings. The van der Waals surface area contributed by atoms with Gasteiger partial charge in [-0.05, 0) is 42.9 Å². The van der Waals surface area contributed by atoms with Crippen molar-refractivity contribution in [3.63, 3.8) is 0 Å². The van der Waals surface area contributed by atoms with E-state index in [-0.39, 0.29) is 17.6 Å².